The molecule has 13 rings (SSSR count). The second kappa shape index (κ2) is 13.0. The molecule has 50 heavy (non-hydrogen) atoms. The molecule has 6 aromatic rings. The van der Waals surface area contributed by atoms with Crippen molar-refractivity contribution in [1.29, 1.82) is 0 Å². The van der Waals surface area contributed by atoms with Crippen LogP contribution in [0.4, 0.5) is 0 Å². The molecule has 0 saturated carbocycles. The maximum atomic E-state index is 12.9. The summed E-state index contributed by atoms with van der Waals surface area (Å²) >= 11 is 0. The first-order valence-electron chi connectivity index (χ1n) is 16.1. The second-order valence-electron chi connectivity index (χ2n) is 12.5. The molecule has 0 saturated heterocycles. The van der Waals surface area contributed by atoms with E-state index in [1.807, 2.05) is 72.8 Å². The number of nitrogens with two attached hydrogens (primary N) is 1. The molecular formula is C38H31N9O3. The van der Waals surface area contributed by atoms with Gasteiger partial charge in [0.2, 0.25) is 5.91 Å². The monoisotopic (exact) mass is 661 g/mol. The third-order valence-electron chi connectivity index (χ3n) is 8.77. The molecule has 13 heterocycles. The molecule has 0 unspecified atom stereocenters. The molecule has 7 aliphatic rings. The maximum Gasteiger partial charge on any atom is 0.336 e. The van der Waals surface area contributed by atoms with Crippen molar-refractivity contribution in [3.8, 4) is 33.9 Å². The number of carboxylic acid groups (broad SMARTS) is 1. The number of primary amides is 1. The van der Waals surface area contributed by atoms with Crippen molar-refractivity contribution >= 4 is 11.9 Å². The van der Waals surface area contributed by atoms with Gasteiger partial charge in [-0.25, -0.2) is 24.7 Å². The summed E-state index contributed by atoms with van der Waals surface area (Å²) < 4.78 is 0. The molecule has 1 amide bonds. The summed E-state index contributed by atoms with van der Waals surface area (Å²) in [6.45, 7) is 2.32. The van der Waals surface area contributed by atoms with E-state index in [2.05, 4.69) is 14.8 Å². The minimum Gasteiger partial charge on any atom is -0.478 e. The Morgan fingerprint density at radius 2 is 0.860 bits per heavy atom. The van der Waals surface area contributed by atoms with Crippen molar-refractivity contribution in [2.45, 2.75) is 39.3 Å². The summed E-state index contributed by atoms with van der Waals surface area (Å²) in [5, 5.41) is 10.4. The molecule has 0 aliphatic carbocycles. The maximum absolute atomic E-state index is 12.9. The van der Waals surface area contributed by atoms with Gasteiger partial charge in [0.1, 0.15) is 0 Å². The summed E-state index contributed by atoms with van der Waals surface area (Å²) in [5.74, 6) is -1.85. The van der Waals surface area contributed by atoms with E-state index in [1.165, 1.54) is 12.4 Å². The highest BCUT2D eigenvalue weighted by atomic mass is 16.4. The topological polar surface area (TPSA) is 164 Å². The van der Waals surface area contributed by atoms with E-state index >= 15 is 0 Å². The Balaban J connectivity index is 1.37. The minimum atomic E-state index is -1.16. The molecular weight excluding hydrogens is 630 g/mol. The largest absolute Gasteiger partial charge is 0.478 e. The van der Waals surface area contributed by atoms with Crippen molar-refractivity contribution in [3.05, 3.63) is 143 Å². The van der Waals surface area contributed by atoms with Crippen LogP contribution in [0.1, 0.15) is 54.9 Å². The average molecular weight is 662 g/mol. The van der Waals surface area contributed by atoms with Crippen LogP contribution >= 0.6 is 0 Å². The van der Waals surface area contributed by atoms with Crippen LogP contribution in [0.15, 0.2) is 97.3 Å². The summed E-state index contributed by atoms with van der Waals surface area (Å²) in [6.07, 6.45) is 2.99. The molecule has 0 atom stereocenters. The first kappa shape index (κ1) is 31.1. The Kier molecular flexibility index (Phi) is 8.07. The van der Waals surface area contributed by atoms with Gasteiger partial charge in [0.05, 0.1) is 68.1 Å². The van der Waals surface area contributed by atoms with E-state index in [4.69, 9.17) is 30.7 Å². The molecule has 0 radical (unpaired) electrons. The van der Waals surface area contributed by atoms with Crippen LogP contribution in [-0.4, -0.2) is 56.7 Å². The van der Waals surface area contributed by atoms with E-state index in [0.717, 1.165) is 45.6 Å². The molecule has 3 N–H and O–H groups in total. The van der Waals surface area contributed by atoms with Crippen LogP contribution in [0.3, 0.4) is 0 Å². The summed E-state index contributed by atoms with van der Waals surface area (Å²) in [7, 11) is 0. The van der Waals surface area contributed by atoms with E-state index in [-0.39, 0.29) is 23.2 Å². The Bertz CT molecular complexity index is 2040. The number of hydrogen-bond acceptors (Lipinski definition) is 10. The zero-order valence-electron chi connectivity index (χ0n) is 26.9. The fraction of sp³-hybridized carbons (Fsp3) is 0.158. The average Bonchev–Trinajstić information content (AvgIpc) is 3.11. The standard InChI is InChI=1S/C38H31N9O3/c39-37(48)29-13-27-21-46-17-23-5-1-9-33(42-23)35-11-3-7-25(44-35)19-47(22-28-14-30(38(49)50)32(16-41-28)31(29)15-40-27)20-26-8-4-12-36(45-26)34-10-2-6-24(18-46)43-34/h1-16H,17-22H2,(H2,39,48)(H,49,50). The van der Waals surface area contributed by atoms with Gasteiger partial charge in [0.25, 0.3) is 0 Å². The lowest BCUT2D eigenvalue weighted by Gasteiger charge is -2.24. The smallest absolute Gasteiger partial charge is 0.336 e. The molecule has 14 bridgehead atoms. The highest BCUT2D eigenvalue weighted by molar-refractivity contribution is 6.03. The zero-order valence-corrected chi connectivity index (χ0v) is 26.9. The van der Waals surface area contributed by atoms with Gasteiger partial charge in [-0.2, -0.15) is 0 Å². The number of hydrogen-bond donors (Lipinski definition) is 2. The molecule has 0 fully saturated rings. The lowest BCUT2D eigenvalue weighted by Crippen LogP contribution is -2.25. The number of amides is 1. The Hall–Kier alpha value is -6.24. The summed E-state index contributed by atoms with van der Waals surface area (Å²) in [5.41, 5.74) is 13.9. The number of rotatable bonds is 2. The molecule has 7 aliphatic heterocycles. The van der Waals surface area contributed by atoms with E-state index in [0.29, 0.717) is 49.7 Å². The lowest BCUT2D eigenvalue weighted by molar-refractivity contribution is 0.0696. The van der Waals surface area contributed by atoms with Crippen molar-refractivity contribution in [3.63, 3.8) is 0 Å². The number of pyridine rings is 6. The van der Waals surface area contributed by atoms with Crippen molar-refractivity contribution in [2.75, 3.05) is 0 Å². The number of aromatic carboxylic acids is 1. The predicted molar refractivity (Wildman–Crippen MR) is 184 cm³/mol. The molecule has 12 heteroatoms. The van der Waals surface area contributed by atoms with Crippen molar-refractivity contribution in [2.24, 2.45) is 5.73 Å². The third kappa shape index (κ3) is 6.44. The second-order valence-corrected chi connectivity index (χ2v) is 12.5. The van der Waals surface area contributed by atoms with E-state index < -0.39 is 11.9 Å². The van der Waals surface area contributed by atoms with Gasteiger partial charge >= 0.3 is 5.97 Å². The number of carboxylic acids is 1. The van der Waals surface area contributed by atoms with Crippen molar-refractivity contribution in [1.82, 2.24) is 39.7 Å². The predicted octanol–water partition coefficient (Wildman–Crippen LogP) is 4.89. The first-order chi connectivity index (χ1) is 24.3. The minimum absolute atomic E-state index is 0.00759. The number of carbonyl (C=O) groups excluding carboxylic acids is 1. The molecule has 12 nitrogen and oxygen atoms in total. The van der Waals surface area contributed by atoms with Gasteiger partial charge in [0.15, 0.2) is 0 Å². The van der Waals surface area contributed by atoms with Crippen molar-refractivity contribution < 1.29 is 14.7 Å². The SMILES string of the molecule is NC(=O)c1cc2ncc1-c1cnc(cc1C(=O)O)CN1Cc3cccc(n3)-c3cccc(n3)CN(C2)Cc2cccc(n2)-c2cccc(n2)C1. The fourth-order valence-electron chi connectivity index (χ4n) is 6.53. The highest BCUT2D eigenvalue weighted by Crippen LogP contribution is 2.29. The van der Waals surface area contributed by atoms with Gasteiger partial charge in [-0.05, 0) is 60.7 Å². The van der Waals surface area contributed by atoms with Crippen LogP contribution in [0, 0.1) is 0 Å². The van der Waals surface area contributed by atoms with Crippen LogP contribution in [0.2, 0.25) is 0 Å². The Morgan fingerprint density at radius 1 is 0.520 bits per heavy atom. The number of aromatic nitrogens is 6. The number of carbonyl (C=O) groups is 2. The van der Waals surface area contributed by atoms with E-state index in [1.54, 1.807) is 12.1 Å². The molecule has 0 spiro atoms. The summed E-state index contributed by atoms with van der Waals surface area (Å²) in [6, 6.07) is 26.7. The molecule has 0 aromatic carbocycles. The van der Waals surface area contributed by atoms with Crippen LogP contribution in [-0.2, 0) is 39.3 Å². The fourth-order valence-corrected chi connectivity index (χ4v) is 6.53. The van der Waals surface area contributed by atoms with Gasteiger partial charge in [-0.1, -0.05) is 24.3 Å². The van der Waals surface area contributed by atoms with Crippen LogP contribution in [0.5, 0.6) is 0 Å². The quantitative estimate of drug-likeness (QED) is 0.260. The van der Waals surface area contributed by atoms with Gasteiger partial charge in [0, 0.05) is 62.8 Å². The third-order valence-corrected chi connectivity index (χ3v) is 8.77. The van der Waals surface area contributed by atoms with Gasteiger partial charge in [-0.3, -0.25) is 24.6 Å². The zero-order chi connectivity index (χ0) is 34.2. The van der Waals surface area contributed by atoms with Crippen LogP contribution < -0.4 is 5.73 Å². The molecule has 246 valence electrons. The van der Waals surface area contributed by atoms with Gasteiger partial charge in [-0.15, -0.1) is 0 Å². The molecule has 6 aromatic heterocycles. The summed E-state index contributed by atoms with van der Waals surface area (Å²) in [4.78, 5) is 59.2. The normalized spacial score (nSPS) is 16.6. The Morgan fingerprint density at radius 3 is 1.22 bits per heavy atom. The number of nitrogens with zero attached hydrogens (tertiary/aromatic N) is 8. The highest BCUT2D eigenvalue weighted by Gasteiger charge is 2.23. The van der Waals surface area contributed by atoms with Gasteiger partial charge < -0.3 is 10.8 Å². The first-order valence-corrected chi connectivity index (χ1v) is 16.1. The van der Waals surface area contributed by atoms with E-state index in [9.17, 15) is 14.7 Å². The Labute approximate surface area is 287 Å². The van der Waals surface area contributed by atoms with Crippen LogP contribution in [0.25, 0.3) is 33.9 Å². The lowest BCUT2D eigenvalue weighted by atomic mass is 9.97.